The number of nitrogens with zero attached hydrogens (tertiary/aromatic N) is 3. The SMILES string of the molecule is O=C1CC(O)CN1c1nc(-c2ccccc2)ns1. The van der Waals surface area contributed by atoms with Gasteiger partial charge in [-0.1, -0.05) is 30.3 Å². The number of benzene rings is 1. The van der Waals surface area contributed by atoms with Crippen LogP contribution in [0.25, 0.3) is 11.4 Å². The summed E-state index contributed by atoms with van der Waals surface area (Å²) in [6.07, 6.45) is -0.429. The summed E-state index contributed by atoms with van der Waals surface area (Å²) < 4.78 is 4.25. The summed E-state index contributed by atoms with van der Waals surface area (Å²) in [5.74, 6) is 0.517. The Morgan fingerprint density at radius 3 is 2.78 bits per heavy atom. The summed E-state index contributed by atoms with van der Waals surface area (Å²) in [6.45, 7) is 0.308. The van der Waals surface area contributed by atoms with Crippen molar-refractivity contribution in [3.8, 4) is 11.4 Å². The molecule has 5 nitrogen and oxygen atoms in total. The van der Waals surface area contributed by atoms with Gasteiger partial charge in [0.05, 0.1) is 19.1 Å². The molecule has 1 aromatic heterocycles. The fourth-order valence-corrected chi connectivity index (χ4v) is 2.62. The number of amides is 1. The van der Waals surface area contributed by atoms with Gasteiger partial charge in [-0.3, -0.25) is 9.69 Å². The van der Waals surface area contributed by atoms with Crippen molar-refractivity contribution in [2.75, 3.05) is 11.4 Å². The van der Waals surface area contributed by atoms with Gasteiger partial charge in [-0.15, -0.1) is 0 Å². The smallest absolute Gasteiger partial charge is 0.231 e. The van der Waals surface area contributed by atoms with Crippen LogP contribution in [0.15, 0.2) is 30.3 Å². The summed E-state index contributed by atoms with van der Waals surface area (Å²) in [6, 6.07) is 9.61. The van der Waals surface area contributed by atoms with Gasteiger partial charge in [0, 0.05) is 17.1 Å². The van der Waals surface area contributed by atoms with Gasteiger partial charge in [0.15, 0.2) is 5.82 Å². The molecule has 2 aromatic rings. The van der Waals surface area contributed by atoms with Crippen LogP contribution in [0.4, 0.5) is 5.13 Å². The van der Waals surface area contributed by atoms with Crippen molar-refractivity contribution in [3.05, 3.63) is 30.3 Å². The molecule has 1 amide bonds. The predicted octanol–water partition coefficient (Wildman–Crippen LogP) is 1.30. The van der Waals surface area contributed by atoms with Crippen LogP contribution in [0.3, 0.4) is 0 Å². The van der Waals surface area contributed by atoms with Crippen molar-refractivity contribution in [1.82, 2.24) is 9.36 Å². The van der Waals surface area contributed by atoms with E-state index in [0.717, 1.165) is 5.56 Å². The fourth-order valence-electron chi connectivity index (χ4n) is 1.90. The molecule has 0 saturated carbocycles. The largest absolute Gasteiger partial charge is 0.391 e. The van der Waals surface area contributed by atoms with Crippen LogP contribution in [0.2, 0.25) is 0 Å². The molecule has 1 N–H and O–H groups in total. The van der Waals surface area contributed by atoms with Crippen molar-refractivity contribution in [2.24, 2.45) is 0 Å². The van der Waals surface area contributed by atoms with E-state index in [-0.39, 0.29) is 12.3 Å². The second kappa shape index (κ2) is 4.47. The molecular formula is C12H11N3O2S. The van der Waals surface area contributed by atoms with Crippen molar-refractivity contribution < 1.29 is 9.90 Å². The first kappa shape index (κ1) is 11.3. The van der Waals surface area contributed by atoms with E-state index in [0.29, 0.717) is 17.5 Å². The lowest BCUT2D eigenvalue weighted by atomic mass is 10.2. The Bertz CT molecular complexity index is 570. The second-order valence-electron chi connectivity index (χ2n) is 4.13. The maximum Gasteiger partial charge on any atom is 0.231 e. The molecular weight excluding hydrogens is 250 g/mol. The third kappa shape index (κ3) is 2.00. The van der Waals surface area contributed by atoms with Gasteiger partial charge >= 0.3 is 0 Å². The highest BCUT2D eigenvalue weighted by atomic mass is 32.1. The number of hydrogen-bond donors (Lipinski definition) is 1. The first-order valence-electron chi connectivity index (χ1n) is 5.61. The van der Waals surface area contributed by atoms with Crippen molar-refractivity contribution in [2.45, 2.75) is 12.5 Å². The van der Waals surface area contributed by atoms with Crippen LogP contribution in [-0.4, -0.2) is 33.0 Å². The zero-order valence-electron chi connectivity index (χ0n) is 9.48. The Balaban J connectivity index is 1.88. The monoisotopic (exact) mass is 261 g/mol. The molecule has 1 aliphatic heterocycles. The highest BCUT2D eigenvalue weighted by Crippen LogP contribution is 2.27. The van der Waals surface area contributed by atoms with Gasteiger partial charge in [-0.2, -0.15) is 9.36 Å². The van der Waals surface area contributed by atoms with E-state index in [1.54, 1.807) is 0 Å². The Labute approximate surface area is 108 Å². The Kier molecular flexibility index (Phi) is 2.81. The first-order valence-corrected chi connectivity index (χ1v) is 6.39. The van der Waals surface area contributed by atoms with Crippen LogP contribution >= 0.6 is 11.5 Å². The van der Waals surface area contributed by atoms with E-state index in [1.165, 1.54) is 16.4 Å². The van der Waals surface area contributed by atoms with Gasteiger partial charge in [0.25, 0.3) is 0 Å². The van der Waals surface area contributed by atoms with E-state index < -0.39 is 6.10 Å². The predicted molar refractivity (Wildman–Crippen MR) is 68.3 cm³/mol. The van der Waals surface area contributed by atoms with Crippen molar-refractivity contribution in [1.29, 1.82) is 0 Å². The molecule has 1 saturated heterocycles. The Hall–Kier alpha value is -1.79. The number of aliphatic hydroxyl groups excluding tert-OH is 1. The quantitative estimate of drug-likeness (QED) is 0.885. The lowest BCUT2D eigenvalue weighted by Crippen LogP contribution is -2.24. The van der Waals surface area contributed by atoms with E-state index in [9.17, 15) is 9.90 Å². The number of carbonyl (C=O) groups is 1. The summed E-state index contributed by atoms with van der Waals surface area (Å²) in [7, 11) is 0. The maximum atomic E-state index is 11.6. The summed E-state index contributed by atoms with van der Waals surface area (Å²) in [4.78, 5) is 17.5. The molecule has 0 radical (unpaired) electrons. The van der Waals surface area contributed by atoms with Gasteiger partial charge in [-0.25, -0.2) is 0 Å². The molecule has 2 heterocycles. The minimum Gasteiger partial charge on any atom is -0.391 e. The molecule has 1 unspecified atom stereocenters. The number of carbonyl (C=O) groups excluding carboxylic acids is 1. The fraction of sp³-hybridized carbons (Fsp3) is 0.250. The molecule has 1 fully saturated rings. The normalized spacial score (nSPS) is 19.5. The van der Waals surface area contributed by atoms with E-state index >= 15 is 0 Å². The van der Waals surface area contributed by atoms with Crippen molar-refractivity contribution in [3.63, 3.8) is 0 Å². The molecule has 3 rings (SSSR count). The number of aliphatic hydroxyl groups is 1. The highest BCUT2D eigenvalue weighted by Gasteiger charge is 2.31. The van der Waals surface area contributed by atoms with Crippen LogP contribution in [0.5, 0.6) is 0 Å². The third-order valence-corrected chi connectivity index (χ3v) is 3.52. The zero-order chi connectivity index (χ0) is 12.5. The molecule has 1 aromatic carbocycles. The van der Waals surface area contributed by atoms with Crippen LogP contribution in [-0.2, 0) is 4.79 Å². The summed E-state index contributed by atoms with van der Waals surface area (Å²) >= 11 is 1.18. The van der Waals surface area contributed by atoms with Gasteiger partial charge in [0.2, 0.25) is 11.0 Å². The lowest BCUT2D eigenvalue weighted by molar-refractivity contribution is -0.117. The number of β-amino-alcohol motifs (C(OH)–C–C–N with tert-alkyl or cyclic N) is 1. The van der Waals surface area contributed by atoms with Gasteiger partial charge in [0.1, 0.15) is 0 Å². The molecule has 1 aliphatic rings. The molecule has 0 bridgehead atoms. The number of hydrogen-bond acceptors (Lipinski definition) is 5. The highest BCUT2D eigenvalue weighted by molar-refractivity contribution is 7.10. The lowest BCUT2D eigenvalue weighted by Gasteiger charge is -2.09. The molecule has 1 atom stereocenters. The molecule has 92 valence electrons. The Morgan fingerprint density at radius 1 is 1.33 bits per heavy atom. The van der Waals surface area contributed by atoms with Crippen LogP contribution in [0.1, 0.15) is 6.42 Å². The van der Waals surface area contributed by atoms with Crippen molar-refractivity contribution >= 4 is 22.6 Å². The first-order chi connectivity index (χ1) is 8.74. The topological polar surface area (TPSA) is 66.3 Å². The van der Waals surface area contributed by atoms with Gasteiger partial charge in [-0.05, 0) is 0 Å². The minimum absolute atomic E-state index is 0.0988. The summed E-state index contributed by atoms with van der Waals surface area (Å²) in [5, 5.41) is 10.0. The average Bonchev–Trinajstić information content (AvgIpc) is 2.97. The molecule has 0 aliphatic carbocycles. The van der Waals surface area contributed by atoms with Crippen LogP contribution < -0.4 is 4.90 Å². The number of anilines is 1. The second-order valence-corrected chi connectivity index (χ2v) is 4.86. The van der Waals surface area contributed by atoms with E-state index in [2.05, 4.69) is 9.36 Å². The number of rotatable bonds is 2. The zero-order valence-corrected chi connectivity index (χ0v) is 10.3. The average molecular weight is 261 g/mol. The number of aromatic nitrogens is 2. The van der Waals surface area contributed by atoms with E-state index in [1.807, 2.05) is 30.3 Å². The molecule has 18 heavy (non-hydrogen) atoms. The van der Waals surface area contributed by atoms with E-state index in [4.69, 9.17) is 0 Å². The molecule has 6 heteroatoms. The minimum atomic E-state index is -0.596. The van der Waals surface area contributed by atoms with Gasteiger partial charge < -0.3 is 5.11 Å². The maximum absolute atomic E-state index is 11.6. The molecule has 0 spiro atoms. The standard InChI is InChI=1S/C12H11N3O2S/c16-9-6-10(17)15(7-9)12-13-11(14-18-12)8-4-2-1-3-5-8/h1-5,9,16H,6-7H2. The third-order valence-electron chi connectivity index (χ3n) is 2.78. The summed E-state index contributed by atoms with van der Waals surface area (Å²) in [5.41, 5.74) is 0.923. The Morgan fingerprint density at radius 2 is 2.11 bits per heavy atom. The van der Waals surface area contributed by atoms with Crippen LogP contribution in [0, 0.1) is 0 Å².